The molecule has 1 N–H and O–H groups in total. The van der Waals surface area contributed by atoms with Gasteiger partial charge in [-0.15, -0.1) is 0 Å². The maximum absolute atomic E-state index is 11.9. The Morgan fingerprint density at radius 2 is 1.74 bits per heavy atom. The van der Waals surface area contributed by atoms with Crippen molar-refractivity contribution in [1.29, 1.82) is 0 Å². The van der Waals surface area contributed by atoms with Crippen LogP contribution in [0.15, 0.2) is 24.3 Å². The number of nitrogens with one attached hydrogen (secondary N) is 1. The molecule has 0 saturated heterocycles. The average molecular weight is 373 g/mol. The van der Waals surface area contributed by atoms with Gasteiger partial charge in [-0.1, -0.05) is 61.4 Å². The molecule has 2 nitrogen and oxygen atoms in total. The fourth-order valence-corrected chi connectivity index (χ4v) is 2.44. The van der Waals surface area contributed by atoms with E-state index < -0.39 is 0 Å². The van der Waals surface area contributed by atoms with Crippen LogP contribution in [0, 0.1) is 0 Å². The Morgan fingerprint density at radius 3 is 2.32 bits per heavy atom. The van der Waals surface area contributed by atoms with Crippen LogP contribution < -0.4 is 5.32 Å². The molecule has 0 aliphatic rings. The van der Waals surface area contributed by atoms with Crippen LogP contribution in [-0.4, -0.2) is 16.9 Å². The minimum absolute atomic E-state index is 0.0456. The number of hydrogen-bond acceptors (Lipinski definition) is 1. The maximum Gasteiger partial charge on any atom is 0.251 e. The van der Waals surface area contributed by atoms with Crippen molar-refractivity contribution in [2.45, 2.75) is 45.4 Å². The van der Waals surface area contributed by atoms with Crippen molar-refractivity contribution in [3.8, 4) is 0 Å². The molecule has 0 atom stereocenters. The summed E-state index contributed by atoms with van der Waals surface area (Å²) >= 11 is 2.40. The zero-order valence-electron chi connectivity index (χ0n) is 11.9. The molecular formula is C16H24INO. The number of carbonyl (C=O) groups excluding carboxylic acids is 1. The van der Waals surface area contributed by atoms with Crippen molar-refractivity contribution in [2.24, 2.45) is 0 Å². The second-order valence-corrected chi connectivity index (χ2v) is 6.21. The summed E-state index contributed by atoms with van der Waals surface area (Å²) in [5, 5.41) is 2.98. The zero-order valence-corrected chi connectivity index (χ0v) is 14.1. The minimum Gasteiger partial charge on any atom is -0.352 e. The topological polar surface area (TPSA) is 29.1 Å². The normalized spacial score (nSPS) is 10.7. The van der Waals surface area contributed by atoms with Crippen LogP contribution in [0.2, 0.25) is 0 Å². The molecule has 1 rings (SSSR count). The van der Waals surface area contributed by atoms with Gasteiger partial charge in [0.2, 0.25) is 0 Å². The van der Waals surface area contributed by atoms with Crippen LogP contribution in [0.4, 0.5) is 0 Å². The molecular weight excluding hydrogens is 349 g/mol. The number of benzene rings is 1. The number of unbranched alkanes of at least 4 members (excludes halogenated alkanes) is 3. The Balaban J connectivity index is 2.29. The molecule has 0 radical (unpaired) electrons. The first-order valence-electron chi connectivity index (χ1n) is 7.09. The molecule has 0 bridgehead atoms. The van der Waals surface area contributed by atoms with Gasteiger partial charge in [-0.2, -0.15) is 0 Å². The van der Waals surface area contributed by atoms with Crippen molar-refractivity contribution in [3.05, 3.63) is 35.4 Å². The second-order valence-electron chi connectivity index (χ2n) is 5.14. The molecule has 0 aliphatic carbocycles. The predicted octanol–water partition coefficient (Wildman–Crippen LogP) is 4.54. The Bertz CT molecular complexity index is 373. The van der Waals surface area contributed by atoms with Crippen molar-refractivity contribution in [1.82, 2.24) is 5.32 Å². The fraction of sp³-hybridized carbons (Fsp3) is 0.562. The van der Waals surface area contributed by atoms with Crippen LogP contribution in [-0.2, 0) is 0 Å². The summed E-state index contributed by atoms with van der Waals surface area (Å²) in [6, 6.07) is 7.92. The number of hydrogen-bond donors (Lipinski definition) is 1. The van der Waals surface area contributed by atoms with Crippen LogP contribution >= 0.6 is 22.6 Å². The first-order valence-corrected chi connectivity index (χ1v) is 8.62. The second kappa shape index (κ2) is 9.34. The lowest BCUT2D eigenvalue weighted by molar-refractivity contribution is 0.0953. The third kappa shape index (κ3) is 6.41. The molecule has 0 aromatic heterocycles. The van der Waals surface area contributed by atoms with Crippen molar-refractivity contribution < 1.29 is 4.79 Å². The Labute approximate surface area is 130 Å². The Kier molecular flexibility index (Phi) is 8.10. The van der Waals surface area contributed by atoms with Crippen LogP contribution in [0.5, 0.6) is 0 Å². The summed E-state index contributed by atoms with van der Waals surface area (Å²) in [6.07, 6.45) is 4.83. The molecule has 0 fully saturated rings. The van der Waals surface area contributed by atoms with E-state index in [2.05, 4.69) is 41.8 Å². The number of halogens is 1. The number of rotatable bonds is 8. The molecule has 0 spiro atoms. The third-order valence-corrected chi connectivity index (χ3v) is 3.95. The summed E-state index contributed by atoms with van der Waals surface area (Å²) in [5.74, 6) is 0.555. The molecule has 19 heavy (non-hydrogen) atoms. The van der Waals surface area contributed by atoms with Gasteiger partial charge in [0, 0.05) is 12.1 Å². The van der Waals surface area contributed by atoms with Gasteiger partial charge in [-0.3, -0.25) is 4.79 Å². The van der Waals surface area contributed by atoms with E-state index in [1.807, 2.05) is 24.3 Å². The van der Waals surface area contributed by atoms with Gasteiger partial charge in [0.1, 0.15) is 0 Å². The molecule has 0 unspecified atom stereocenters. The van der Waals surface area contributed by atoms with Gasteiger partial charge in [0.05, 0.1) is 0 Å². The molecule has 0 aliphatic heterocycles. The molecule has 0 heterocycles. The standard InChI is InChI=1S/C16H24INO/c1-13(2)14-7-9-15(10-8-14)16(19)18-12-6-4-3-5-11-17/h7-10,13H,3-6,11-12H2,1-2H3,(H,18,19). The Morgan fingerprint density at radius 1 is 1.11 bits per heavy atom. The van der Waals surface area contributed by atoms with Crippen molar-refractivity contribution in [2.75, 3.05) is 11.0 Å². The summed E-state index contributed by atoms with van der Waals surface area (Å²) < 4.78 is 1.23. The molecule has 1 aromatic carbocycles. The van der Waals surface area contributed by atoms with Crippen LogP contribution in [0.25, 0.3) is 0 Å². The summed E-state index contributed by atoms with van der Waals surface area (Å²) in [7, 11) is 0. The first kappa shape index (κ1) is 16.5. The summed E-state index contributed by atoms with van der Waals surface area (Å²) in [5.41, 5.74) is 2.03. The Hall–Kier alpha value is -0.580. The quantitative estimate of drug-likeness (QED) is 0.405. The van der Waals surface area contributed by atoms with Gasteiger partial charge >= 0.3 is 0 Å². The van der Waals surface area contributed by atoms with Crippen molar-refractivity contribution in [3.63, 3.8) is 0 Å². The molecule has 106 valence electrons. The number of alkyl halides is 1. The summed E-state index contributed by atoms with van der Waals surface area (Å²) in [6.45, 7) is 5.10. The maximum atomic E-state index is 11.9. The van der Waals surface area contributed by atoms with Crippen LogP contribution in [0.3, 0.4) is 0 Å². The molecule has 0 saturated carbocycles. The first-order chi connectivity index (χ1) is 9.15. The van der Waals surface area contributed by atoms with E-state index in [1.165, 1.54) is 29.3 Å². The number of amides is 1. The van der Waals surface area contributed by atoms with Crippen molar-refractivity contribution >= 4 is 28.5 Å². The van der Waals surface area contributed by atoms with E-state index >= 15 is 0 Å². The SMILES string of the molecule is CC(C)c1ccc(C(=O)NCCCCCCI)cc1. The van der Waals surface area contributed by atoms with Crippen LogP contribution in [0.1, 0.15) is 61.4 Å². The molecule has 1 amide bonds. The van der Waals surface area contributed by atoms with Gasteiger partial charge in [-0.25, -0.2) is 0 Å². The highest BCUT2D eigenvalue weighted by molar-refractivity contribution is 14.1. The molecule has 3 heteroatoms. The lowest BCUT2D eigenvalue weighted by atomic mass is 10.0. The lowest BCUT2D eigenvalue weighted by Crippen LogP contribution is -2.24. The number of carbonyl (C=O) groups is 1. The fourth-order valence-electron chi connectivity index (χ4n) is 1.90. The largest absolute Gasteiger partial charge is 0.352 e. The minimum atomic E-state index is 0.0456. The van der Waals surface area contributed by atoms with E-state index in [9.17, 15) is 4.79 Å². The van der Waals surface area contributed by atoms with E-state index in [4.69, 9.17) is 0 Å². The van der Waals surface area contributed by atoms with Gasteiger partial charge < -0.3 is 5.32 Å². The summed E-state index contributed by atoms with van der Waals surface area (Å²) in [4.78, 5) is 11.9. The van der Waals surface area contributed by atoms with Gasteiger partial charge in [0.25, 0.3) is 5.91 Å². The highest BCUT2D eigenvalue weighted by atomic mass is 127. The molecule has 1 aromatic rings. The van der Waals surface area contributed by atoms with E-state index in [0.29, 0.717) is 5.92 Å². The zero-order chi connectivity index (χ0) is 14.1. The predicted molar refractivity (Wildman–Crippen MR) is 90.2 cm³/mol. The smallest absolute Gasteiger partial charge is 0.251 e. The highest BCUT2D eigenvalue weighted by Crippen LogP contribution is 2.14. The van der Waals surface area contributed by atoms with Gasteiger partial charge in [-0.05, 0) is 40.9 Å². The van der Waals surface area contributed by atoms with E-state index in [0.717, 1.165) is 18.5 Å². The lowest BCUT2D eigenvalue weighted by Gasteiger charge is -2.08. The van der Waals surface area contributed by atoms with E-state index in [-0.39, 0.29) is 5.91 Å². The monoisotopic (exact) mass is 373 g/mol. The van der Waals surface area contributed by atoms with E-state index in [1.54, 1.807) is 0 Å². The van der Waals surface area contributed by atoms with Gasteiger partial charge in [0.15, 0.2) is 0 Å². The third-order valence-electron chi connectivity index (χ3n) is 3.19. The highest BCUT2D eigenvalue weighted by Gasteiger charge is 2.05. The average Bonchev–Trinajstić information content (AvgIpc) is 2.42.